The first-order valence-electron chi connectivity index (χ1n) is 7.05. The van der Waals surface area contributed by atoms with Gasteiger partial charge in [0.15, 0.2) is 5.82 Å². The molecular formula is C16H20N2O. The summed E-state index contributed by atoms with van der Waals surface area (Å²) >= 11 is 0. The van der Waals surface area contributed by atoms with Gasteiger partial charge in [-0.15, -0.1) is 0 Å². The summed E-state index contributed by atoms with van der Waals surface area (Å²) < 4.78 is 5.49. The molecule has 0 saturated heterocycles. The van der Waals surface area contributed by atoms with Crippen LogP contribution in [0.4, 0.5) is 5.82 Å². The Kier molecular flexibility index (Phi) is 3.28. The fraction of sp³-hybridized carbons (Fsp3) is 0.438. The van der Waals surface area contributed by atoms with Crippen molar-refractivity contribution in [2.75, 3.05) is 5.73 Å². The number of nitrogens with two attached hydrogens (primary N) is 1. The number of hydrogen-bond acceptors (Lipinski definition) is 3. The van der Waals surface area contributed by atoms with Crippen LogP contribution in [0.3, 0.4) is 0 Å². The molecule has 1 aromatic heterocycles. The van der Waals surface area contributed by atoms with E-state index in [2.05, 4.69) is 24.2 Å². The van der Waals surface area contributed by atoms with Crippen molar-refractivity contribution in [3.63, 3.8) is 0 Å². The van der Waals surface area contributed by atoms with Gasteiger partial charge < -0.3 is 10.3 Å². The van der Waals surface area contributed by atoms with Crippen LogP contribution in [0.25, 0.3) is 11.1 Å². The standard InChI is InChI=1S/C16H20N2O/c1-11-6-2-5-9-13(11)15-14(19-18-16(15)17)10-12-7-3-4-8-12/h2,5-6,9,12H,3-4,7-8,10H2,1H3,(H2,17,18). The molecule has 19 heavy (non-hydrogen) atoms. The average molecular weight is 256 g/mol. The fourth-order valence-corrected chi connectivity index (χ4v) is 3.10. The summed E-state index contributed by atoms with van der Waals surface area (Å²) in [7, 11) is 0. The number of nitrogen functional groups attached to an aromatic ring is 1. The number of nitrogens with zero attached hydrogens (tertiary/aromatic N) is 1. The summed E-state index contributed by atoms with van der Waals surface area (Å²) in [6, 6.07) is 8.27. The Labute approximate surface area is 113 Å². The summed E-state index contributed by atoms with van der Waals surface area (Å²) in [5, 5.41) is 3.98. The van der Waals surface area contributed by atoms with Crippen LogP contribution < -0.4 is 5.73 Å². The molecule has 1 aromatic carbocycles. The lowest BCUT2D eigenvalue weighted by Crippen LogP contribution is -2.00. The first-order chi connectivity index (χ1) is 9.25. The molecular weight excluding hydrogens is 236 g/mol. The molecule has 1 aliphatic carbocycles. The van der Waals surface area contributed by atoms with Crippen LogP contribution in [-0.4, -0.2) is 5.16 Å². The van der Waals surface area contributed by atoms with Crippen molar-refractivity contribution in [2.45, 2.75) is 39.0 Å². The summed E-state index contributed by atoms with van der Waals surface area (Å²) in [5.41, 5.74) is 9.38. The maximum Gasteiger partial charge on any atom is 0.175 e. The van der Waals surface area contributed by atoms with Crippen molar-refractivity contribution < 1.29 is 4.52 Å². The van der Waals surface area contributed by atoms with Gasteiger partial charge in [-0.25, -0.2) is 0 Å². The SMILES string of the molecule is Cc1ccccc1-c1c(N)noc1CC1CCCC1. The predicted molar refractivity (Wildman–Crippen MR) is 76.8 cm³/mol. The zero-order valence-electron chi connectivity index (χ0n) is 11.4. The van der Waals surface area contributed by atoms with E-state index in [1.54, 1.807) is 0 Å². The first-order valence-corrected chi connectivity index (χ1v) is 7.05. The van der Waals surface area contributed by atoms with Crippen molar-refractivity contribution in [3.8, 4) is 11.1 Å². The molecule has 0 atom stereocenters. The Bertz CT molecular complexity index is 568. The monoisotopic (exact) mass is 256 g/mol. The van der Waals surface area contributed by atoms with Crippen LogP contribution in [0.2, 0.25) is 0 Å². The van der Waals surface area contributed by atoms with Crippen LogP contribution in [0.1, 0.15) is 37.0 Å². The van der Waals surface area contributed by atoms with Gasteiger partial charge in [0.25, 0.3) is 0 Å². The zero-order chi connectivity index (χ0) is 13.2. The third kappa shape index (κ3) is 2.37. The second kappa shape index (κ2) is 5.08. The predicted octanol–water partition coefficient (Wildman–Crippen LogP) is 3.96. The molecule has 0 amide bonds. The number of anilines is 1. The van der Waals surface area contributed by atoms with Crippen LogP contribution in [0, 0.1) is 12.8 Å². The van der Waals surface area contributed by atoms with Crippen molar-refractivity contribution in [1.29, 1.82) is 0 Å². The summed E-state index contributed by atoms with van der Waals surface area (Å²) in [4.78, 5) is 0. The molecule has 1 aliphatic rings. The van der Waals surface area contributed by atoms with Gasteiger partial charge in [0.1, 0.15) is 5.76 Å². The van der Waals surface area contributed by atoms with E-state index in [-0.39, 0.29) is 0 Å². The lowest BCUT2D eigenvalue weighted by Gasteiger charge is -2.09. The second-order valence-electron chi connectivity index (χ2n) is 5.54. The quantitative estimate of drug-likeness (QED) is 0.904. The molecule has 1 fully saturated rings. The van der Waals surface area contributed by atoms with Gasteiger partial charge in [0.2, 0.25) is 0 Å². The Balaban J connectivity index is 1.96. The minimum atomic E-state index is 0.516. The zero-order valence-corrected chi connectivity index (χ0v) is 11.4. The van der Waals surface area contributed by atoms with Gasteiger partial charge in [-0.05, 0) is 24.0 Å². The number of hydrogen-bond donors (Lipinski definition) is 1. The minimum absolute atomic E-state index is 0.516. The number of rotatable bonds is 3. The number of benzene rings is 1. The smallest absolute Gasteiger partial charge is 0.175 e. The van der Waals surface area contributed by atoms with E-state index in [9.17, 15) is 0 Å². The first kappa shape index (κ1) is 12.3. The van der Waals surface area contributed by atoms with Gasteiger partial charge in [-0.2, -0.15) is 0 Å². The van der Waals surface area contributed by atoms with Crippen molar-refractivity contribution in [1.82, 2.24) is 5.16 Å². The third-order valence-electron chi connectivity index (χ3n) is 4.15. The maximum absolute atomic E-state index is 6.01. The molecule has 3 heteroatoms. The molecule has 3 rings (SSSR count). The van der Waals surface area contributed by atoms with Crippen LogP contribution >= 0.6 is 0 Å². The van der Waals surface area contributed by atoms with Gasteiger partial charge in [0.05, 0.1) is 5.56 Å². The second-order valence-corrected chi connectivity index (χ2v) is 5.54. The van der Waals surface area contributed by atoms with Gasteiger partial charge in [-0.3, -0.25) is 0 Å². The topological polar surface area (TPSA) is 52.0 Å². The lowest BCUT2D eigenvalue weighted by molar-refractivity contribution is 0.362. The minimum Gasteiger partial charge on any atom is -0.380 e. The Morgan fingerprint density at radius 1 is 1.26 bits per heavy atom. The van der Waals surface area contributed by atoms with E-state index in [1.807, 2.05) is 12.1 Å². The molecule has 2 aromatic rings. The molecule has 0 spiro atoms. The highest BCUT2D eigenvalue weighted by Crippen LogP contribution is 2.36. The van der Waals surface area contributed by atoms with Crippen LogP contribution in [-0.2, 0) is 6.42 Å². The summed E-state index contributed by atoms with van der Waals surface area (Å²) in [5.74, 6) is 2.20. The van der Waals surface area contributed by atoms with E-state index in [1.165, 1.54) is 31.2 Å². The van der Waals surface area contributed by atoms with Gasteiger partial charge in [-0.1, -0.05) is 55.1 Å². The van der Waals surface area contributed by atoms with Gasteiger partial charge >= 0.3 is 0 Å². The van der Waals surface area contributed by atoms with Crippen molar-refractivity contribution >= 4 is 5.82 Å². The molecule has 1 heterocycles. The Morgan fingerprint density at radius 3 is 2.74 bits per heavy atom. The highest BCUT2D eigenvalue weighted by Gasteiger charge is 2.22. The number of aryl methyl sites for hydroxylation is 1. The van der Waals surface area contributed by atoms with E-state index in [4.69, 9.17) is 10.3 Å². The van der Waals surface area contributed by atoms with E-state index < -0.39 is 0 Å². The average Bonchev–Trinajstić information content (AvgIpc) is 3.02. The normalized spacial score (nSPS) is 16.1. The highest BCUT2D eigenvalue weighted by atomic mass is 16.5. The largest absolute Gasteiger partial charge is 0.380 e. The van der Waals surface area contributed by atoms with Crippen molar-refractivity contribution in [3.05, 3.63) is 35.6 Å². The van der Waals surface area contributed by atoms with E-state index >= 15 is 0 Å². The highest BCUT2D eigenvalue weighted by molar-refractivity contribution is 5.77. The molecule has 0 radical (unpaired) electrons. The fourth-order valence-electron chi connectivity index (χ4n) is 3.10. The number of aromatic nitrogens is 1. The molecule has 100 valence electrons. The molecule has 0 bridgehead atoms. The summed E-state index contributed by atoms with van der Waals surface area (Å²) in [6.07, 6.45) is 6.25. The van der Waals surface area contributed by atoms with Gasteiger partial charge in [0, 0.05) is 6.42 Å². The molecule has 0 unspecified atom stereocenters. The Morgan fingerprint density at radius 2 is 2.00 bits per heavy atom. The summed E-state index contributed by atoms with van der Waals surface area (Å²) in [6.45, 7) is 2.10. The lowest BCUT2D eigenvalue weighted by atomic mass is 9.95. The van der Waals surface area contributed by atoms with Crippen LogP contribution in [0.15, 0.2) is 28.8 Å². The third-order valence-corrected chi connectivity index (χ3v) is 4.15. The Hall–Kier alpha value is -1.77. The van der Waals surface area contributed by atoms with Crippen molar-refractivity contribution in [2.24, 2.45) is 5.92 Å². The van der Waals surface area contributed by atoms with E-state index in [0.717, 1.165) is 29.2 Å². The molecule has 0 aliphatic heterocycles. The van der Waals surface area contributed by atoms with E-state index in [0.29, 0.717) is 5.82 Å². The molecule has 3 nitrogen and oxygen atoms in total. The molecule has 1 saturated carbocycles. The molecule has 2 N–H and O–H groups in total. The maximum atomic E-state index is 6.01. The van der Waals surface area contributed by atoms with Crippen LogP contribution in [0.5, 0.6) is 0 Å².